The normalized spacial score (nSPS) is 19.2. The van der Waals surface area contributed by atoms with Gasteiger partial charge in [0.1, 0.15) is 12.4 Å². The van der Waals surface area contributed by atoms with E-state index in [1.54, 1.807) is 0 Å². The molecule has 0 amide bonds. The van der Waals surface area contributed by atoms with E-state index < -0.39 is 5.60 Å². The molecule has 18 heavy (non-hydrogen) atoms. The van der Waals surface area contributed by atoms with Gasteiger partial charge in [-0.1, -0.05) is 37.8 Å². The summed E-state index contributed by atoms with van der Waals surface area (Å²) in [5.74, 6) is 0.802. The third-order valence-corrected chi connectivity index (χ3v) is 3.69. The largest absolute Gasteiger partial charge is 0.492 e. The molecule has 1 aliphatic rings. The van der Waals surface area contributed by atoms with Crippen molar-refractivity contribution >= 4 is 0 Å². The minimum Gasteiger partial charge on any atom is -0.492 e. The second kappa shape index (κ2) is 6.21. The molecule has 3 nitrogen and oxygen atoms in total. The summed E-state index contributed by atoms with van der Waals surface area (Å²) in [6, 6.07) is 7.82. The van der Waals surface area contributed by atoms with E-state index in [0.29, 0.717) is 13.2 Å². The standard InChI is InChI=1S/C15H23NO2/c16-10-11-18-14-7-5-6-13(12-14)15(17)8-3-1-2-4-9-15/h5-7,12,17H,1-4,8-11,16H2. The molecule has 0 heterocycles. The summed E-state index contributed by atoms with van der Waals surface area (Å²) in [6.07, 6.45) is 6.37. The molecule has 0 radical (unpaired) electrons. The summed E-state index contributed by atoms with van der Waals surface area (Å²) in [5, 5.41) is 10.8. The van der Waals surface area contributed by atoms with Crippen molar-refractivity contribution in [2.24, 2.45) is 5.73 Å². The zero-order chi connectivity index (χ0) is 12.8. The predicted molar refractivity (Wildman–Crippen MR) is 72.6 cm³/mol. The maximum atomic E-state index is 10.8. The van der Waals surface area contributed by atoms with Crippen LogP contribution in [0, 0.1) is 0 Å². The van der Waals surface area contributed by atoms with Gasteiger partial charge < -0.3 is 15.6 Å². The van der Waals surface area contributed by atoms with Gasteiger partial charge in [0.05, 0.1) is 5.60 Å². The molecule has 0 unspecified atom stereocenters. The van der Waals surface area contributed by atoms with E-state index >= 15 is 0 Å². The first kappa shape index (κ1) is 13.4. The summed E-state index contributed by atoms with van der Waals surface area (Å²) in [4.78, 5) is 0. The van der Waals surface area contributed by atoms with Gasteiger partial charge in [0, 0.05) is 6.54 Å². The average molecular weight is 249 g/mol. The highest BCUT2D eigenvalue weighted by Crippen LogP contribution is 2.36. The number of nitrogens with two attached hydrogens (primary N) is 1. The second-order valence-electron chi connectivity index (χ2n) is 5.11. The number of ether oxygens (including phenoxy) is 1. The molecule has 0 bridgehead atoms. The average Bonchev–Trinajstić information content (AvgIpc) is 2.63. The molecular formula is C15H23NO2. The van der Waals surface area contributed by atoms with Gasteiger partial charge in [-0.25, -0.2) is 0 Å². The summed E-state index contributed by atoms with van der Waals surface area (Å²) in [5.41, 5.74) is 5.75. The van der Waals surface area contributed by atoms with Gasteiger partial charge in [0.2, 0.25) is 0 Å². The molecule has 1 fully saturated rings. The van der Waals surface area contributed by atoms with E-state index in [2.05, 4.69) is 0 Å². The Labute approximate surface area is 109 Å². The number of benzene rings is 1. The van der Waals surface area contributed by atoms with E-state index in [9.17, 15) is 5.11 Å². The van der Waals surface area contributed by atoms with E-state index in [-0.39, 0.29) is 0 Å². The molecule has 0 spiro atoms. The molecule has 1 saturated carbocycles. The highest BCUT2D eigenvalue weighted by Gasteiger charge is 2.30. The molecular weight excluding hydrogens is 226 g/mol. The fourth-order valence-electron chi connectivity index (χ4n) is 2.65. The van der Waals surface area contributed by atoms with Crippen LogP contribution in [0.1, 0.15) is 44.1 Å². The van der Waals surface area contributed by atoms with Crippen LogP contribution in [0.5, 0.6) is 5.75 Å². The fourth-order valence-corrected chi connectivity index (χ4v) is 2.65. The molecule has 0 atom stereocenters. The first-order chi connectivity index (χ1) is 8.74. The van der Waals surface area contributed by atoms with Gasteiger partial charge in [0.15, 0.2) is 0 Å². The van der Waals surface area contributed by atoms with E-state index in [1.807, 2.05) is 24.3 Å². The van der Waals surface area contributed by atoms with Crippen molar-refractivity contribution in [2.75, 3.05) is 13.2 Å². The summed E-state index contributed by atoms with van der Waals surface area (Å²) >= 11 is 0. The molecule has 1 aliphatic carbocycles. The molecule has 0 aliphatic heterocycles. The Balaban J connectivity index is 2.15. The molecule has 1 aromatic carbocycles. The number of hydrogen-bond acceptors (Lipinski definition) is 3. The molecule has 3 N–H and O–H groups in total. The van der Waals surface area contributed by atoms with Crippen LogP contribution >= 0.6 is 0 Å². The van der Waals surface area contributed by atoms with Crippen LogP contribution in [0.15, 0.2) is 24.3 Å². The van der Waals surface area contributed by atoms with Gasteiger partial charge in [0.25, 0.3) is 0 Å². The Morgan fingerprint density at radius 3 is 2.56 bits per heavy atom. The second-order valence-corrected chi connectivity index (χ2v) is 5.11. The number of rotatable bonds is 4. The minimum atomic E-state index is -0.668. The van der Waals surface area contributed by atoms with Crippen molar-refractivity contribution in [2.45, 2.75) is 44.1 Å². The fraction of sp³-hybridized carbons (Fsp3) is 0.600. The van der Waals surface area contributed by atoms with Crippen molar-refractivity contribution in [3.63, 3.8) is 0 Å². The van der Waals surface area contributed by atoms with Gasteiger partial charge in [-0.2, -0.15) is 0 Å². The highest BCUT2D eigenvalue weighted by atomic mass is 16.5. The van der Waals surface area contributed by atoms with E-state index in [1.165, 1.54) is 12.8 Å². The lowest BCUT2D eigenvalue weighted by atomic mass is 9.86. The summed E-state index contributed by atoms with van der Waals surface area (Å²) in [6.45, 7) is 1.02. The lowest BCUT2D eigenvalue weighted by Gasteiger charge is -2.27. The molecule has 0 saturated heterocycles. The highest BCUT2D eigenvalue weighted by molar-refractivity contribution is 5.32. The summed E-state index contributed by atoms with van der Waals surface area (Å²) in [7, 11) is 0. The van der Waals surface area contributed by atoms with Crippen molar-refractivity contribution in [3.05, 3.63) is 29.8 Å². The Kier molecular flexibility index (Phi) is 4.61. The van der Waals surface area contributed by atoms with Gasteiger partial charge >= 0.3 is 0 Å². The topological polar surface area (TPSA) is 55.5 Å². The molecule has 1 aromatic rings. The first-order valence-electron chi connectivity index (χ1n) is 6.90. The Bertz CT molecular complexity index is 371. The molecule has 0 aromatic heterocycles. The maximum absolute atomic E-state index is 10.8. The molecule has 2 rings (SSSR count). The van der Waals surface area contributed by atoms with Crippen LogP contribution in [0.25, 0.3) is 0 Å². The molecule has 100 valence electrons. The van der Waals surface area contributed by atoms with Crippen LogP contribution < -0.4 is 10.5 Å². The third kappa shape index (κ3) is 3.24. The lowest BCUT2D eigenvalue weighted by molar-refractivity contribution is 0.0205. The van der Waals surface area contributed by atoms with Crippen molar-refractivity contribution < 1.29 is 9.84 Å². The van der Waals surface area contributed by atoms with Crippen LogP contribution in [0.4, 0.5) is 0 Å². The Hall–Kier alpha value is -1.06. The van der Waals surface area contributed by atoms with Crippen LogP contribution in [0.2, 0.25) is 0 Å². The number of hydrogen-bond donors (Lipinski definition) is 2. The Morgan fingerprint density at radius 1 is 1.17 bits per heavy atom. The monoisotopic (exact) mass is 249 g/mol. The van der Waals surface area contributed by atoms with Crippen LogP contribution in [0.3, 0.4) is 0 Å². The van der Waals surface area contributed by atoms with Crippen molar-refractivity contribution in [3.8, 4) is 5.75 Å². The van der Waals surface area contributed by atoms with Gasteiger partial charge in [-0.05, 0) is 30.5 Å². The molecule has 3 heteroatoms. The minimum absolute atomic E-state index is 0.508. The third-order valence-electron chi connectivity index (χ3n) is 3.69. The summed E-state index contributed by atoms with van der Waals surface area (Å²) < 4.78 is 5.53. The SMILES string of the molecule is NCCOc1cccc(C2(O)CCCCCC2)c1. The quantitative estimate of drug-likeness (QED) is 0.806. The van der Waals surface area contributed by atoms with Crippen molar-refractivity contribution in [1.29, 1.82) is 0 Å². The number of aliphatic hydroxyl groups is 1. The predicted octanol–water partition coefficient (Wildman–Crippen LogP) is 2.57. The zero-order valence-electron chi connectivity index (χ0n) is 10.9. The van der Waals surface area contributed by atoms with E-state index in [0.717, 1.165) is 37.0 Å². The van der Waals surface area contributed by atoms with Crippen LogP contribution in [-0.4, -0.2) is 18.3 Å². The smallest absolute Gasteiger partial charge is 0.119 e. The van der Waals surface area contributed by atoms with Gasteiger partial charge in [-0.15, -0.1) is 0 Å². The zero-order valence-corrected chi connectivity index (χ0v) is 10.9. The maximum Gasteiger partial charge on any atom is 0.119 e. The van der Waals surface area contributed by atoms with E-state index in [4.69, 9.17) is 10.5 Å². The van der Waals surface area contributed by atoms with Gasteiger partial charge in [-0.3, -0.25) is 0 Å². The lowest BCUT2D eigenvalue weighted by Crippen LogP contribution is -2.24. The Morgan fingerprint density at radius 2 is 1.89 bits per heavy atom. The van der Waals surface area contributed by atoms with Crippen LogP contribution in [-0.2, 0) is 5.60 Å². The first-order valence-corrected chi connectivity index (χ1v) is 6.90. The van der Waals surface area contributed by atoms with Crippen molar-refractivity contribution in [1.82, 2.24) is 0 Å².